The first-order chi connectivity index (χ1) is 7.75. The third kappa shape index (κ3) is 3.08. The van der Waals surface area contributed by atoms with Gasteiger partial charge in [-0.1, -0.05) is 43.0 Å². The summed E-state index contributed by atoms with van der Waals surface area (Å²) in [5.74, 6) is 0. The smallest absolute Gasteiger partial charge is 0.0503 e. The maximum Gasteiger partial charge on any atom is 0.0503 e. The van der Waals surface area contributed by atoms with Crippen LogP contribution in [0.15, 0.2) is 29.3 Å². The number of benzene rings is 1. The Morgan fingerprint density at radius 2 is 1.75 bits per heavy atom. The molecule has 0 atom stereocenters. The first-order valence-corrected chi connectivity index (χ1v) is 6.44. The normalized spacial score (nSPS) is 18.8. The Bertz CT molecular complexity index is 361. The van der Waals surface area contributed by atoms with E-state index in [0.717, 1.165) is 10.7 Å². The van der Waals surface area contributed by atoms with E-state index in [4.69, 9.17) is 16.6 Å². The highest BCUT2D eigenvalue weighted by Gasteiger charge is 2.12. The van der Waals surface area contributed by atoms with Crippen molar-refractivity contribution < 1.29 is 0 Å². The zero-order valence-electron chi connectivity index (χ0n) is 9.75. The van der Waals surface area contributed by atoms with Gasteiger partial charge in [0.15, 0.2) is 0 Å². The Labute approximate surface area is 103 Å². The van der Waals surface area contributed by atoms with Crippen LogP contribution in [0.2, 0.25) is 5.02 Å². The van der Waals surface area contributed by atoms with Crippen LogP contribution in [0.3, 0.4) is 0 Å². The van der Waals surface area contributed by atoms with Crippen molar-refractivity contribution in [1.82, 2.24) is 0 Å². The molecule has 0 radical (unpaired) electrons. The summed E-state index contributed by atoms with van der Waals surface area (Å²) >= 11 is 5.87. The van der Waals surface area contributed by atoms with Gasteiger partial charge in [0.25, 0.3) is 0 Å². The van der Waals surface area contributed by atoms with E-state index >= 15 is 0 Å². The highest BCUT2D eigenvalue weighted by Crippen LogP contribution is 2.21. The molecular formula is C14H18ClN. The molecule has 0 aliphatic heterocycles. The van der Waals surface area contributed by atoms with E-state index in [1.165, 1.54) is 37.7 Å². The minimum Gasteiger partial charge on any atom is -0.286 e. The highest BCUT2D eigenvalue weighted by atomic mass is 35.5. The number of halogens is 1. The summed E-state index contributed by atoms with van der Waals surface area (Å²) in [5, 5.41) is 0.786. The fourth-order valence-corrected chi connectivity index (χ4v) is 2.38. The lowest BCUT2D eigenvalue weighted by Crippen LogP contribution is -2.12. The van der Waals surface area contributed by atoms with E-state index < -0.39 is 0 Å². The van der Waals surface area contributed by atoms with Crippen molar-refractivity contribution in [3.05, 3.63) is 34.9 Å². The van der Waals surface area contributed by atoms with Crippen molar-refractivity contribution >= 4 is 17.3 Å². The van der Waals surface area contributed by atoms with Crippen molar-refractivity contribution in [2.24, 2.45) is 4.99 Å². The highest BCUT2D eigenvalue weighted by molar-refractivity contribution is 6.30. The predicted molar refractivity (Wildman–Crippen MR) is 70.5 cm³/mol. The lowest BCUT2D eigenvalue weighted by molar-refractivity contribution is 0.443. The molecule has 16 heavy (non-hydrogen) atoms. The van der Waals surface area contributed by atoms with E-state index in [1.807, 2.05) is 24.3 Å². The third-order valence-corrected chi connectivity index (χ3v) is 3.46. The molecule has 0 saturated heterocycles. The topological polar surface area (TPSA) is 12.4 Å². The Kier molecular flexibility index (Phi) is 4.00. The first-order valence-electron chi connectivity index (χ1n) is 6.06. The van der Waals surface area contributed by atoms with Gasteiger partial charge in [0.2, 0.25) is 0 Å². The fourth-order valence-electron chi connectivity index (χ4n) is 2.25. The number of hydrogen-bond donors (Lipinski definition) is 0. The molecule has 0 aromatic heterocycles. The molecule has 2 heteroatoms. The molecule has 0 bridgehead atoms. The molecule has 1 saturated carbocycles. The molecule has 0 N–H and O–H groups in total. The number of aliphatic imine (C=N–C) groups is 1. The van der Waals surface area contributed by atoms with Crippen molar-refractivity contribution in [2.45, 2.75) is 45.1 Å². The van der Waals surface area contributed by atoms with Crippen molar-refractivity contribution in [3.63, 3.8) is 0 Å². The standard InChI is InChI=1S/C14H18ClN/c1-11(12-7-9-13(15)10-8-12)16-14-5-3-2-4-6-14/h7-10,14H,2-6H2,1H3. The summed E-state index contributed by atoms with van der Waals surface area (Å²) in [5.41, 5.74) is 2.33. The summed E-state index contributed by atoms with van der Waals surface area (Å²) in [6, 6.07) is 8.49. The van der Waals surface area contributed by atoms with Gasteiger partial charge in [-0.2, -0.15) is 0 Å². The van der Waals surface area contributed by atoms with Crippen LogP contribution in [0.25, 0.3) is 0 Å². The van der Waals surface area contributed by atoms with Gasteiger partial charge in [-0.15, -0.1) is 0 Å². The second-order valence-electron chi connectivity index (χ2n) is 4.51. The summed E-state index contributed by atoms with van der Waals surface area (Å²) in [6.45, 7) is 2.10. The molecule has 1 nitrogen and oxygen atoms in total. The van der Waals surface area contributed by atoms with Crippen molar-refractivity contribution in [2.75, 3.05) is 0 Å². The lowest BCUT2D eigenvalue weighted by atomic mass is 9.95. The van der Waals surface area contributed by atoms with E-state index in [0.29, 0.717) is 6.04 Å². The van der Waals surface area contributed by atoms with E-state index in [9.17, 15) is 0 Å². The Balaban J connectivity index is 2.07. The second kappa shape index (κ2) is 5.49. The SMILES string of the molecule is CC(=NC1CCCCC1)c1ccc(Cl)cc1. The predicted octanol–water partition coefficient (Wildman–Crippen LogP) is 4.48. The lowest BCUT2D eigenvalue weighted by Gasteiger charge is -2.18. The van der Waals surface area contributed by atoms with Crippen molar-refractivity contribution in [1.29, 1.82) is 0 Å². The molecule has 0 unspecified atom stereocenters. The van der Waals surface area contributed by atoms with Gasteiger partial charge in [0.1, 0.15) is 0 Å². The van der Waals surface area contributed by atoms with Crippen LogP contribution in [0.1, 0.15) is 44.6 Å². The Hall–Kier alpha value is -0.820. The minimum absolute atomic E-state index is 0.546. The monoisotopic (exact) mass is 235 g/mol. The first kappa shape index (κ1) is 11.7. The summed E-state index contributed by atoms with van der Waals surface area (Å²) < 4.78 is 0. The van der Waals surface area contributed by atoms with Crippen LogP contribution in [0.4, 0.5) is 0 Å². The average Bonchev–Trinajstić information content (AvgIpc) is 2.31. The van der Waals surface area contributed by atoms with Gasteiger partial charge >= 0.3 is 0 Å². The van der Waals surface area contributed by atoms with Crippen LogP contribution < -0.4 is 0 Å². The quantitative estimate of drug-likeness (QED) is 0.671. The van der Waals surface area contributed by atoms with Crippen LogP contribution in [-0.4, -0.2) is 11.8 Å². The summed E-state index contributed by atoms with van der Waals surface area (Å²) in [6.07, 6.45) is 6.56. The molecule has 1 aromatic rings. The zero-order chi connectivity index (χ0) is 11.4. The molecule has 2 rings (SSSR count). The molecule has 1 aliphatic rings. The van der Waals surface area contributed by atoms with Gasteiger partial charge in [0.05, 0.1) is 6.04 Å². The van der Waals surface area contributed by atoms with Gasteiger partial charge in [0, 0.05) is 10.7 Å². The van der Waals surface area contributed by atoms with Gasteiger partial charge in [-0.3, -0.25) is 4.99 Å². The average molecular weight is 236 g/mol. The van der Waals surface area contributed by atoms with Crippen LogP contribution in [0, 0.1) is 0 Å². The van der Waals surface area contributed by atoms with E-state index in [2.05, 4.69) is 6.92 Å². The Morgan fingerprint density at radius 1 is 1.12 bits per heavy atom. The van der Waals surface area contributed by atoms with Crippen LogP contribution >= 0.6 is 11.6 Å². The molecule has 0 heterocycles. The maximum absolute atomic E-state index is 5.87. The maximum atomic E-state index is 5.87. The fraction of sp³-hybridized carbons (Fsp3) is 0.500. The van der Waals surface area contributed by atoms with Gasteiger partial charge < -0.3 is 0 Å². The number of nitrogens with zero attached hydrogens (tertiary/aromatic N) is 1. The van der Waals surface area contributed by atoms with E-state index in [1.54, 1.807) is 0 Å². The van der Waals surface area contributed by atoms with Crippen LogP contribution in [-0.2, 0) is 0 Å². The zero-order valence-corrected chi connectivity index (χ0v) is 10.5. The van der Waals surface area contributed by atoms with Crippen LogP contribution in [0.5, 0.6) is 0 Å². The van der Waals surface area contributed by atoms with E-state index in [-0.39, 0.29) is 0 Å². The largest absolute Gasteiger partial charge is 0.286 e. The molecule has 0 spiro atoms. The van der Waals surface area contributed by atoms with Crippen molar-refractivity contribution in [3.8, 4) is 0 Å². The summed E-state index contributed by atoms with van der Waals surface area (Å²) in [7, 11) is 0. The molecule has 86 valence electrons. The minimum atomic E-state index is 0.546. The number of rotatable bonds is 2. The van der Waals surface area contributed by atoms with Gasteiger partial charge in [-0.05, 0) is 37.5 Å². The molecule has 0 amide bonds. The second-order valence-corrected chi connectivity index (χ2v) is 4.95. The number of hydrogen-bond acceptors (Lipinski definition) is 1. The third-order valence-electron chi connectivity index (χ3n) is 3.21. The molecule has 1 fully saturated rings. The summed E-state index contributed by atoms with van der Waals surface area (Å²) in [4.78, 5) is 4.81. The Morgan fingerprint density at radius 3 is 2.38 bits per heavy atom. The molecular weight excluding hydrogens is 218 g/mol. The molecule has 1 aliphatic carbocycles. The molecule has 1 aromatic carbocycles. The van der Waals surface area contributed by atoms with Gasteiger partial charge in [-0.25, -0.2) is 0 Å².